The Morgan fingerprint density at radius 1 is 1.03 bits per heavy atom. The number of nitrogens with one attached hydrogen (secondary N) is 1. The van der Waals surface area contributed by atoms with E-state index in [0.29, 0.717) is 6.07 Å². The topological polar surface area (TPSA) is 81.5 Å². The van der Waals surface area contributed by atoms with E-state index in [2.05, 4.69) is 5.32 Å². The number of alkyl carbamates (subject to hydrolysis) is 1. The van der Waals surface area contributed by atoms with Crippen molar-refractivity contribution in [2.75, 3.05) is 13.2 Å². The second kappa shape index (κ2) is 8.97. The lowest BCUT2D eigenvalue weighted by atomic mass is 9.98. The van der Waals surface area contributed by atoms with Gasteiger partial charge >= 0.3 is 6.09 Å². The van der Waals surface area contributed by atoms with Gasteiger partial charge in [-0.05, 0) is 28.3 Å². The first-order valence-electron chi connectivity index (χ1n) is 9.84. The van der Waals surface area contributed by atoms with E-state index < -0.39 is 28.3 Å². The molecule has 0 spiro atoms. The minimum Gasteiger partial charge on any atom is -0.449 e. The Balaban J connectivity index is 1.36. The highest BCUT2D eigenvalue weighted by atomic mass is 19.2. The predicted octanol–water partition coefficient (Wildman–Crippen LogP) is 5.42. The van der Waals surface area contributed by atoms with E-state index in [1.54, 1.807) is 0 Å². The SMILES string of the molecule is O=C(NCC=Cc1cc(F)c(F)cc1[N+](=O)[O-])OCC1c2ccccc2-c2ccccc21. The number of halogens is 2. The van der Waals surface area contributed by atoms with Crippen LogP contribution in [0.5, 0.6) is 0 Å². The average molecular weight is 436 g/mol. The van der Waals surface area contributed by atoms with Gasteiger partial charge in [-0.15, -0.1) is 0 Å². The number of hydrogen-bond donors (Lipinski definition) is 1. The van der Waals surface area contributed by atoms with Crippen LogP contribution in [0.3, 0.4) is 0 Å². The van der Waals surface area contributed by atoms with Crippen molar-refractivity contribution >= 4 is 17.9 Å². The molecule has 1 N–H and O–H groups in total. The zero-order chi connectivity index (χ0) is 22.7. The summed E-state index contributed by atoms with van der Waals surface area (Å²) in [6.07, 6.45) is 1.97. The summed E-state index contributed by atoms with van der Waals surface area (Å²) in [6, 6.07) is 17.2. The first-order valence-corrected chi connectivity index (χ1v) is 9.84. The number of hydrogen-bond acceptors (Lipinski definition) is 4. The van der Waals surface area contributed by atoms with Gasteiger partial charge in [0.1, 0.15) is 6.61 Å². The van der Waals surface area contributed by atoms with Crippen molar-refractivity contribution in [2.24, 2.45) is 0 Å². The van der Waals surface area contributed by atoms with Crippen molar-refractivity contribution < 1.29 is 23.2 Å². The first-order chi connectivity index (χ1) is 15.5. The molecule has 0 fully saturated rings. The molecule has 0 atom stereocenters. The van der Waals surface area contributed by atoms with Crippen LogP contribution in [0.4, 0.5) is 19.3 Å². The Labute approximate surface area is 182 Å². The van der Waals surface area contributed by atoms with Crippen molar-refractivity contribution in [2.45, 2.75) is 5.92 Å². The molecule has 0 saturated heterocycles. The minimum atomic E-state index is -1.30. The number of rotatable bonds is 6. The number of carbonyl (C=O) groups excluding carboxylic acids is 1. The fourth-order valence-electron chi connectivity index (χ4n) is 3.82. The summed E-state index contributed by atoms with van der Waals surface area (Å²) < 4.78 is 32.0. The van der Waals surface area contributed by atoms with Gasteiger partial charge in [0, 0.05) is 12.5 Å². The molecular weight excluding hydrogens is 418 g/mol. The summed E-state index contributed by atoms with van der Waals surface area (Å²) in [7, 11) is 0. The lowest BCUT2D eigenvalue weighted by molar-refractivity contribution is -0.385. The molecule has 1 aliphatic carbocycles. The third kappa shape index (κ3) is 4.20. The molecule has 0 heterocycles. The van der Waals surface area contributed by atoms with Gasteiger partial charge in [-0.25, -0.2) is 13.6 Å². The fourth-order valence-corrected chi connectivity index (χ4v) is 3.82. The number of ether oxygens (including phenoxy) is 1. The zero-order valence-electron chi connectivity index (χ0n) is 16.8. The number of benzene rings is 3. The van der Waals surface area contributed by atoms with Crippen LogP contribution in [0.25, 0.3) is 17.2 Å². The molecule has 0 aromatic heterocycles. The first kappa shape index (κ1) is 21.2. The van der Waals surface area contributed by atoms with Crippen molar-refractivity contribution in [3.05, 3.63) is 105 Å². The summed E-state index contributed by atoms with van der Waals surface area (Å²) >= 11 is 0. The molecule has 32 heavy (non-hydrogen) atoms. The van der Waals surface area contributed by atoms with E-state index in [9.17, 15) is 23.7 Å². The summed E-state index contributed by atoms with van der Waals surface area (Å²) in [6.45, 7) is 0.144. The molecule has 4 rings (SSSR count). The number of nitrogens with zero attached hydrogens (tertiary/aromatic N) is 1. The summed E-state index contributed by atoms with van der Waals surface area (Å²) in [4.78, 5) is 22.3. The Hall–Kier alpha value is -4.07. The van der Waals surface area contributed by atoms with Crippen LogP contribution in [-0.2, 0) is 4.74 Å². The van der Waals surface area contributed by atoms with Crippen LogP contribution in [0.2, 0.25) is 0 Å². The largest absolute Gasteiger partial charge is 0.449 e. The molecule has 6 nitrogen and oxygen atoms in total. The van der Waals surface area contributed by atoms with Gasteiger partial charge in [0.05, 0.1) is 16.6 Å². The fraction of sp³-hybridized carbons (Fsp3) is 0.125. The van der Waals surface area contributed by atoms with E-state index >= 15 is 0 Å². The number of amides is 1. The summed E-state index contributed by atoms with van der Waals surface area (Å²) in [5.74, 6) is -2.57. The number of carbonyl (C=O) groups is 1. The van der Waals surface area contributed by atoms with Gasteiger partial charge in [0.25, 0.3) is 5.69 Å². The van der Waals surface area contributed by atoms with Gasteiger partial charge in [0.2, 0.25) is 0 Å². The van der Waals surface area contributed by atoms with Crippen LogP contribution >= 0.6 is 0 Å². The van der Waals surface area contributed by atoms with Gasteiger partial charge in [-0.1, -0.05) is 60.7 Å². The van der Waals surface area contributed by atoms with Crippen molar-refractivity contribution in [1.29, 1.82) is 0 Å². The standard InChI is InChI=1S/C24H18F2N2O4/c25-21-12-15(23(28(30)31)13-22(21)26)6-5-11-27-24(29)32-14-20-18-9-3-1-7-16(18)17-8-2-4-10-19(17)20/h1-10,12-13,20H,11,14H2,(H,27,29). The van der Waals surface area contributed by atoms with Crippen molar-refractivity contribution in [3.63, 3.8) is 0 Å². The second-order valence-electron chi connectivity index (χ2n) is 7.19. The van der Waals surface area contributed by atoms with Crippen LogP contribution < -0.4 is 5.32 Å². The molecule has 0 radical (unpaired) electrons. The van der Waals surface area contributed by atoms with Crippen LogP contribution in [0, 0.1) is 21.7 Å². The predicted molar refractivity (Wildman–Crippen MR) is 115 cm³/mol. The van der Waals surface area contributed by atoms with Crippen LogP contribution in [-0.4, -0.2) is 24.2 Å². The maximum atomic E-state index is 13.4. The van der Waals surface area contributed by atoms with Crippen molar-refractivity contribution in [1.82, 2.24) is 5.32 Å². The monoisotopic (exact) mass is 436 g/mol. The van der Waals surface area contributed by atoms with Gasteiger partial charge in [0.15, 0.2) is 11.6 Å². The van der Waals surface area contributed by atoms with Gasteiger partial charge < -0.3 is 10.1 Å². The van der Waals surface area contributed by atoms with Gasteiger partial charge in [-0.2, -0.15) is 0 Å². The molecule has 3 aromatic rings. The van der Waals surface area contributed by atoms with E-state index in [1.807, 2.05) is 48.5 Å². The van der Waals surface area contributed by atoms with Crippen molar-refractivity contribution in [3.8, 4) is 11.1 Å². The van der Waals surface area contributed by atoms with Crippen LogP contribution in [0.15, 0.2) is 66.7 Å². The molecule has 0 saturated carbocycles. The highest BCUT2D eigenvalue weighted by Gasteiger charge is 2.28. The molecule has 0 aliphatic heterocycles. The van der Waals surface area contributed by atoms with E-state index in [4.69, 9.17) is 4.74 Å². The Morgan fingerprint density at radius 2 is 1.62 bits per heavy atom. The molecule has 1 amide bonds. The van der Waals surface area contributed by atoms with E-state index in [0.717, 1.165) is 28.3 Å². The van der Waals surface area contributed by atoms with Gasteiger partial charge in [-0.3, -0.25) is 10.1 Å². The molecule has 0 bridgehead atoms. The molecule has 1 aliphatic rings. The van der Waals surface area contributed by atoms with E-state index in [-0.39, 0.29) is 24.6 Å². The Kier molecular flexibility index (Phi) is 5.93. The number of nitro groups is 1. The second-order valence-corrected chi connectivity index (χ2v) is 7.19. The molecule has 162 valence electrons. The third-order valence-electron chi connectivity index (χ3n) is 5.27. The zero-order valence-corrected chi connectivity index (χ0v) is 16.8. The lowest BCUT2D eigenvalue weighted by Crippen LogP contribution is -2.26. The highest BCUT2D eigenvalue weighted by molar-refractivity contribution is 5.79. The Bertz CT molecular complexity index is 1180. The minimum absolute atomic E-state index is 0.00712. The quantitative estimate of drug-likeness (QED) is 0.413. The average Bonchev–Trinajstić information content (AvgIpc) is 3.11. The summed E-state index contributed by atoms with van der Waals surface area (Å²) in [5, 5.41) is 13.5. The smallest absolute Gasteiger partial charge is 0.407 e. The van der Waals surface area contributed by atoms with Crippen LogP contribution in [0.1, 0.15) is 22.6 Å². The maximum absolute atomic E-state index is 13.4. The maximum Gasteiger partial charge on any atom is 0.407 e. The van der Waals surface area contributed by atoms with E-state index in [1.165, 1.54) is 12.2 Å². The molecular formula is C24H18F2N2O4. The summed E-state index contributed by atoms with van der Waals surface area (Å²) in [5.41, 5.74) is 3.74. The molecule has 0 unspecified atom stereocenters. The third-order valence-corrected chi connectivity index (χ3v) is 5.27. The number of nitro benzene ring substituents is 1. The Morgan fingerprint density at radius 3 is 2.25 bits per heavy atom. The lowest BCUT2D eigenvalue weighted by Gasteiger charge is -2.14. The number of fused-ring (bicyclic) bond motifs is 3. The molecule has 3 aromatic carbocycles. The highest BCUT2D eigenvalue weighted by Crippen LogP contribution is 2.44. The normalized spacial score (nSPS) is 12.4. The molecule has 8 heteroatoms.